The summed E-state index contributed by atoms with van der Waals surface area (Å²) in [5, 5.41) is 3.18. The predicted octanol–water partition coefficient (Wildman–Crippen LogP) is 2.64. The largest absolute Gasteiger partial charge is 0.497 e. The van der Waals surface area contributed by atoms with E-state index in [-0.39, 0.29) is 0 Å². The molecule has 0 aromatic carbocycles. The van der Waals surface area contributed by atoms with Crippen LogP contribution in [0.1, 0.15) is 20.3 Å². The summed E-state index contributed by atoms with van der Waals surface area (Å²) >= 11 is 0. The monoisotopic (exact) mass is 213 g/mol. The Hall–Kier alpha value is -0.830. The molecule has 0 saturated carbocycles. The second-order valence-corrected chi connectivity index (χ2v) is 4.49. The Labute approximate surface area is 91.2 Å². The van der Waals surface area contributed by atoms with Gasteiger partial charge in [-0.05, 0) is 5.92 Å². The van der Waals surface area contributed by atoms with E-state index in [0.29, 0.717) is 24.2 Å². The van der Waals surface area contributed by atoms with Crippen molar-refractivity contribution in [3.05, 3.63) is 24.2 Å². The molecule has 15 heavy (non-hydrogen) atoms. The van der Waals surface area contributed by atoms with Crippen molar-refractivity contribution in [2.75, 3.05) is 19.7 Å². The fourth-order valence-electron chi connectivity index (χ4n) is 1.43. The Morgan fingerprint density at radius 3 is 2.67 bits per heavy atom. The second-order valence-electron chi connectivity index (χ2n) is 4.49. The lowest BCUT2D eigenvalue weighted by atomic mass is 10.1. The van der Waals surface area contributed by atoms with Crippen molar-refractivity contribution in [3.63, 3.8) is 0 Å². The SMILES string of the molecule is C=C(F)/C=C(\CC(C)C)OCC1CNC1. The molecule has 1 aliphatic rings. The average Bonchev–Trinajstić information content (AvgIpc) is 1.98. The molecular formula is C12H20FNO. The van der Waals surface area contributed by atoms with Crippen LogP contribution in [0.4, 0.5) is 4.39 Å². The van der Waals surface area contributed by atoms with Crippen molar-refractivity contribution < 1.29 is 9.13 Å². The summed E-state index contributed by atoms with van der Waals surface area (Å²) in [5.74, 6) is 1.32. The fourth-order valence-corrected chi connectivity index (χ4v) is 1.43. The molecule has 1 aliphatic heterocycles. The molecule has 0 bridgehead atoms. The number of halogens is 1. The van der Waals surface area contributed by atoms with Crippen LogP contribution in [0, 0.1) is 11.8 Å². The van der Waals surface area contributed by atoms with Gasteiger partial charge in [0.05, 0.1) is 12.4 Å². The molecular weight excluding hydrogens is 193 g/mol. The van der Waals surface area contributed by atoms with E-state index >= 15 is 0 Å². The van der Waals surface area contributed by atoms with E-state index in [0.717, 1.165) is 19.5 Å². The van der Waals surface area contributed by atoms with Crippen LogP contribution in [0.15, 0.2) is 24.2 Å². The quantitative estimate of drug-likeness (QED) is 0.541. The third kappa shape index (κ3) is 4.98. The standard InChI is InChI=1S/C12H20FNO/c1-9(2)4-12(5-10(3)13)15-8-11-6-14-7-11/h5,9,11,14H,3-4,6-8H2,1-2H3/b12-5+. The van der Waals surface area contributed by atoms with Crippen LogP contribution in [-0.2, 0) is 4.74 Å². The van der Waals surface area contributed by atoms with E-state index in [2.05, 4.69) is 25.7 Å². The van der Waals surface area contributed by atoms with Gasteiger partial charge in [-0.3, -0.25) is 0 Å². The Bertz CT molecular complexity index is 244. The van der Waals surface area contributed by atoms with E-state index in [9.17, 15) is 4.39 Å². The Morgan fingerprint density at radius 1 is 1.60 bits per heavy atom. The number of hydrogen-bond acceptors (Lipinski definition) is 2. The minimum atomic E-state index is -0.433. The molecule has 0 radical (unpaired) electrons. The van der Waals surface area contributed by atoms with Gasteiger partial charge in [-0.1, -0.05) is 20.4 Å². The van der Waals surface area contributed by atoms with Crippen molar-refractivity contribution in [1.82, 2.24) is 5.32 Å². The first-order valence-electron chi connectivity index (χ1n) is 5.46. The number of rotatable bonds is 6. The predicted molar refractivity (Wildman–Crippen MR) is 60.1 cm³/mol. The first-order valence-corrected chi connectivity index (χ1v) is 5.46. The molecule has 0 unspecified atom stereocenters. The van der Waals surface area contributed by atoms with Crippen LogP contribution >= 0.6 is 0 Å². The average molecular weight is 213 g/mol. The van der Waals surface area contributed by atoms with Crippen LogP contribution < -0.4 is 5.32 Å². The van der Waals surface area contributed by atoms with Gasteiger partial charge in [0, 0.05) is 31.5 Å². The van der Waals surface area contributed by atoms with Gasteiger partial charge in [0.25, 0.3) is 0 Å². The lowest BCUT2D eigenvalue weighted by molar-refractivity contribution is 0.125. The fraction of sp³-hybridized carbons (Fsp3) is 0.667. The van der Waals surface area contributed by atoms with E-state index in [1.165, 1.54) is 6.08 Å². The topological polar surface area (TPSA) is 21.3 Å². The smallest absolute Gasteiger partial charge is 0.119 e. The van der Waals surface area contributed by atoms with Crippen LogP contribution in [0.2, 0.25) is 0 Å². The molecule has 0 aliphatic carbocycles. The van der Waals surface area contributed by atoms with E-state index in [4.69, 9.17) is 4.74 Å². The maximum atomic E-state index is 12.7. The van der Waals surface area contributed by atoms with Gasteiger partial charge in [-0.25, -0.2) is 4.39 Å². The maximum Gasteiger partial charge on any atom is 0.119 e. The Kier molecular flexibility index (Phi) is 4.82. The van der Waals surface area contributed by atoms with Crippen molar-refractivity contribution in [1.29, 1.82) is 0 Å². The third-order valence-electron chi connectivity index (χ3n) is 2.30. The molecule has 2 nitrogen and oxygen atoms in total. The van der Waals surface area contributed by atoms with Gasteiger partial charge >= 0.3 is 0 Å². The summed E-state index contributed by atoms with van der Waals surface area (Å²) in [7, 11) is 0. The van der Waals surface area contributed by atoms with Crippen LogP contribution in [-0.4, -0.2) is 19.7 Å². The van der Waals surface area contributed by atoms with E-state index < -0.39 is 5.83 Å². The summed E-state index contributed by atoms with van der Waals surface area (Å²) in [5.41, 5.74) is 0. The van der Waals surface area contributed by atoms with E-state index in [1.807, 2.05) is 0 Å². The Morgan fingerprint density at radius 2 is 2.27 bits per heavy atom. The zero-order valence-electron chi connectivity index (χ0n) is 9.55. The van der Waals surface area contributed by atoms with Crippen molar-refractivity contribution in [2.45, 2.75) is 20.3 Å². The highest BCUT2D eigenvalue weighted by Crippen LogP contribution is 2.16. The normalized spacial score (nSPS) is 17.7. The van der Waals surface area contributed by atoms with Crippen LogP contribution in [0.5, 0.6) is 0 Å². The number of nitrogens with one attached hydrogen (secondary N) is 1. The molecule has 1 fully saturated rings. The highest BCUT2D eigenvalue weighted by atomic mass is 19.1. The lowest BCUT2D eigenvalue weighted by Gasteiger charge is -2.27. The summed E-state index contributed by atoms with van der Waals surface area (Å²) < 4.78 is 18.2. The minimum absolute atomic E-state index is 0.433. The minimum Gasteiger partial charge on any atom is -0.497 e. The summed E-state index contributed by atoms with van der Waals surface area (Å²) in [6.45, 7) is 10.1. The molecule has 0 atom stereocenters. The van der Waals surface area contributed by atoms with Crippen molar-refractivity contribution in [2.24, 2.45) is 11.8 Å². The highest BCUT2D eigenvalue weighted by molar-refractivity contribution is 5.11. The number of hydrogen-bond donors (Lipinski definition) is 1. The molecule has 86 valence electrons. The molecule has 0 aromatic rings. The highest BCUT2D eigenvalue weighted by Gasteiger charge is 2.17. The summed E-state index contributed by atoms with van der Waals surface area (Å²) in [4.78, 5) is 0. The summed E-state index contributed by atoms with van der Waals surface area (Å²) in [6.07, 6.45) is 2.16. The zero-order chi connectivity index (χ0) is 11.3. The van der Waals surface area contributed by atoms with Gasteiger partial charge in [0.2, 0.25) is 0 Å². The number of ether oxygens (including phenoxy) is 1. The molecule has 0 aromatic heterocycles. The first-order chi connectivity index (χ1) is 7.08. The van der Waals surface area contributed by atoms with Crippen LogP contribution in [0.25, 0.3) is 0 Å². The third-order valence-corrected chi connectivity index (χ3v) is 2.30. The van der Waals surface area contributed by atoms with Crippen molar-refractivity contribution >= 4 is 0 Å². The van der Waals surface area contributed by atoms with Gasteiger partial charge in [0.1, 0.15) is 5.83 Å². The van der Waals surface area contributed by atoms with Gasteiger partial charge in [-0.2, -0.15) is 0 Å². The van der Waals surface area contributed by atoms with Gasteiger partial charge in [-0.15, -0.1) is 0 Å². The molecule has 1 rings (SSSR count). The molecule has 1 heterocycles. The maximum absolute atomic E-state index is 12.7. The lowest BCUT2D eigenvalue weighted by Crippen LogP contribution is -2.44. The second kappa shape index (κ2) is 5.91. The first kappa shape index (κ1) is 12.2. The van der Waals surface area contributed by atoms with Gasteiger partial charge < -0.3 is 10.1 Å². The van der Waals surface area contributed by atoms with Crippen molar-refractivity contribution in [3.8, 4) is 0 Å². The molecule has 1 saturated heterocycles. The summed E-state index contributed by atoms with van der Waals surface area (Å²) in [6, 6.07) is 0. The van der Waals surface area contributed by atoms with Crippen LogP contribution in [0.3, 0.4) is 0 Å². The zero-order valence-corrected chi connectivity index (χ0v) is 9.55. The Balaban J connectivity index is 2.36. The van der Waals surface area contributed by atoms with E-state index in [1.54, 1.807) is 0 Å². The number of allylic oxidation sites excluding steroid dienone is 3. The molecule has 0 amide bonds. The molecule has 0 spiro atoms. The molecule has 1 N–H and O–H groups in total. The van der Waals surface area contributed by atoms with Gasteiger partial charge in [0.15, 0.2) is 0 Å². The molecule has 3 heteroatoms.